The summed E-state index contributed by atoms with van der Waals surface area (Å²) in [4.78, 5) is 35.0. The van der Waals surface area contributed by atoms with E-state index in [-0.39, 0.29) is 24.5 Å². The molecule has 0 aromatic carbocycles. The lowest BCUT2D eigenvalue weighted by atomic mass is 10.0. The number of carboxylic acids is 1. The third kappa shape index (κ3) is 37.9. The number of hydrogen-bond acceptors (Lipinski definition) is 4. The van der Waals surface area contributed by atoms with E-state index in [0.717, 1.165) is 122 Å². The van der Waals surface area contributed by atoms with Crippen molar-refractivity contribution in [1.29, 1.82) is 0 Å². The van der Waals surface area contributed by atoms with Crippen LogP contribution >= 0.6 is 0 Å². The van der Waals surface area contributed by atoms with Gasteiger partial charge in [-0.05, 0) is 96.3 Å². The maximum absolute atomic E-state index is 12.7. The molecule has 2 N–H and O–H groups in total. The molecule has 0 aliphatic carbocycles. The number of aliphatic carboxylic acids is 1. The highest BCUT2D eigenvalue weighted by atomic mass is 16.5. The van der Waals surface area contributed by atoms with Gasteiger partial charge in [-0.3, -0.25) is 14.4 Å². The third-order valence-electron chi connectivity index (χ3n) is 8.67. The van der Waals surface area contributed by atoms with Gasteiger partial charge in [-0.15, -0.1) is 0 Å². The van der Waals surface area contributed by atoms with Crippen molar-refractivity contribution in [2.24, 2.45) is 0 Å². The average Bonchev–Trinajstić information content (AvgIpc) is 3.10. The topological polar surface area (TPSA) is 92.7 Å². The summed E-state index contributed by atoms with van der Waals surface area (Å²) in [6.07, 6.45) is 50.5. The van der Waals surface area contributed by atoms with Crippen molar-refractivity contribution in [2.75, 3.05) is 6.54 Å². The maximum atomic E-state index is 12.7. The zero-order chi connectivity index (χ0) is 36.6. The van der Waals surface area contributed by atoms with Crippen molar-refractivity contribution < 1.29 is 24.2 Å². The van der Waals surface area contributed by atoms with E-state index in [0.29, 0.717) is 12.8 Å². The second-order valence-corrected chi connectivity index (χ2v) is 13.5. The van der Waals surface area contributed by atoms with Gasteiger partial charge in [0.05, 0.1) is 0 Å². The van der Waals surface area contributed by atoms with Crippen LogP contribution in [0.2, 0.25) is 0 Å². The van der Waals surface area contributed by atoms with E-state index in [1.54, 1.807) is 0 Å². The lowest BCUT2D eigenvalue weighted by Gasteiger charge is -2.18. The molecule has 0 fully saturated rings. The standard InChI is InChI=1S/C44H75NO5/c1-3-5-7-9-11-13-15-16-17-18-19-20-22-24-26-31-35-39-44(49)50-41(36-32-28-25-23-21-14-12-10-8-6-4-2)37-33-29-27-30-34-38-42(46)45-40-43(47)48/h5,7,11,13,16-17,19-20,23,25,41H,3-4,6,8-10,12,14-15,18,21-22,24,26-40H2,1-2H3,(H,45,46)(H,47,48)/b7-5-,13-11-,17-16-,20-19-,25-23-. The van der Waals surface area contributed by atoms with Crippen LogP contribution in [0.5, 0.6) is 0 Å². The highest BCUT2D eigenvalue weighted by molar-refractivity contribution is 5.80. The first kappa shape index (κ1) is 47.1. The smallest absolute Gasteiger partial charge is 0.322 e. The van der Waals surface area contributed by atoms with Crippen molar-refractivity contribution >= 4 is 17.8 Å². The lowest BCUT2D eigenvalue weighted by Crippen LogP contribution is -2.28. The van der Waals surface area contributed by atoms with Crippen LogP contribution in [0.15, 0.2) is 60.8 Å². The van der Waals surface area contributed by atoms with Crippen LogP contribution in [-0.4, -0.2) is 35.6 Å². The summed E-state index contributed by atoms with van der Waals surface area (Å²) in [5, 5.41) is 11.1. The Morgan fingerprint density at radius 1 is 0.540 bits per heavy atom. The fraction of sp³-hybridized carbons (Fsp3) is 0.705. The number of unbranched alkanes of at least 4 members (excludes halogenated alkanes) is 15. The monoisotopic (exact) mass is 698 g/mol. The molecule has 6 nitrogen and oxygen atoms in total. The van der Waals surface area contributed by atoms with Crippen LogP contribution in [0.25, 0.3) is 0 Å². The number of nitrogens with one attached hydrogen (secondary N) is 1. The van der Waals surface area contributed by atoms with Gasteiger partial charge in [0.25, 0.3) is 0 Å². The highest BCUT2D eigenvalue weighted by Crippen LogP contribution is 2.17. The molecule has 0 aromatic rings. The Balaban J connectivity index is 4.25. The Hall–Kier alpha value is -2.89. The summed E-state index contributed by atoms with van der Waals surface area (Å²) in [7, 11) is 0. The summed E-state index contributed by atoms with van der Waals surface area (Å²) < 4.78 is 5.99. The van der Waals surface area contributed by atoms with E-state index < -0.39 is 5.97 Å². The number of allylic oxidation sites excluding steroid dienone is 10. The van der Waals surface area contributed by atoms with E-state index in [2.05, 4.69) is 79.9 Å². The van der Waals surface area contributed by atoms with Crippen LogP contribution in [-0.2, 0) is 19.1 Å². The molecule has 0 aromatic heterocycles. The first-order valence-electron chi connectivity index (χ1n) is 20.4. The van der Waals surface area contributed by atoms with Gasteiger partial charge < -0.3 is 15.2 Å². The van der Waals surface area contributed by atoms with Gasteiger partial charge >= 0.3 is 11.9 Å². The molecule has 0 rings (SSSR count). The highest BCUT2D eigenvalue weighted by Gasteiger charge is 2.14. The zero-order valence-corrected chi connectivity index (χ0v) is 32.2. The second kappa shape index (κ2) is 38.9. The molecule has 0 radical (unpaired) electrons. The number of rotatable bonds is 36. The van der Waals surface area contributed by atoms with Crippen LogP contribution in [0.1, 0.15) is 187 Å². The molecular formula is C44H75NO5. The van der Waals surface area contributed by atoms with Crippen LogP contribution in [0.3, 0.4) is 0 Å². The number of carboxylic acid groups (broad SMARTS) is 1. The molecule has 0 bridgehead atoms. The molecule has 1 amide bonds. The molecule has 0 aliphatic heterocycles. The number of amides is 1. The first-order valence-corrected chi connectivity index (χ1v) is 20.4. The minimum absolute atomic E-state index is 0.0191. The molecule has 0 saturated carbocycles. The fourth-order valence-corrected chi connectivity index (χ4v) is 5.68. The molecule has 0 heterocycles. The third-order valence-corrected chi connectivity index (χ3v) is 8.67. The molecular weight excluding hydrogens is 622 g/mol. The molecule has 0 spiro atoms. The van der Waals surface area contributed by atoms with E-state index in [9.17, 15) is 14.4 Å². The summed E-state index contributed by atoms with van der Waals surface area (Å²) in [6, 6.07) is 0. The number of carbonyl (C=O) groups excluding carboxylic acids is 2. The van der Waals surface area contributed by atoms with E-state index in [1.165, 1.54) is 38.5 Å². The van der Waals surface area contributed by atoms with Crippen molar-refractivity contribution in [2.45, 2.75) is 193 Å². The first-order chi connectivity index (χ1) is 24.5. The van der Waals surface area contributed by atoms with Crippen molar-refractivity contribution in [1.82, 2.24) is 5.32 Å². The van der Waals surface area contributed by atoms with Crippen molar-refractivity contribution in [3.63, 3.8) is 0 Å². The summed E-state index contributed by atoms with van der Waals surface area (Å²) in [5.74, 6) is -1.28. The van der Waals surface area contributed by atoms with Crippen molar-refractivity contribution in [3.05, 3.63) is 60.8 Å². The van der Waals surface area contributed by atoms with Crippen LogP contribution in [0.4, 0.5) is 0 Å². The van der Waals surface area contributed by atoms with Crippen LogP contribution < -0.4 is 5.32 Å². The summed E-state index contributed by atoms with van der Waals surface area (Å²) >= 11 is 0. The molecule has 50 heavy (non-hydrogen) atoms. The van der Waals surface area contributed by atoms with Gasteiger partial charge in [0, 0.05) is 12.8 Å². The Bertz CT molecular complexity index is 948. The zero-order valence-electron chi connectivity index (χ0n) is 32.2. The predicted molar refractivity (Wildman–Crippen MR) is 212 cm³/mol. The van der Waals surface area contributed by atoms with Gasteiger partial charge in [0.15, 0.2) is 0 Å². The predicted octanol–water partition coefficient (Wildman–Crippen LogP) is 12.5. The minimum Gasteiger partial charge on any atom is -0.480 e. The maximum Gasteiger partial charge on any atom is 0.322 e. The molecule has 0 aliphatic rings. The van der Waals surface area contributed by atoms with Gasteiger partial charge in [-0.2, -0.15) is 0 Å². The minimum atomic E-state index is -1.02. The van der Waals surface area contributed by atoms with Gasteiger partial charge in [0.2, 0.25) is 5.91 Å². The fourth-order valence-electron chi connectivity index (χ4n) is 5.68. The largest absolute Gasteiger partial charge is 0.480 e. The van der Waals surface area contributed by atoms with E-state index >= 15 is 0 Å². The number of hydrogen-bond donors (Lipinski definition) is 2. The molecule has 1 unspecified atom stereocenters. The molecule has 0 saturated heterocycles. The molecule has 286 valence electrons. The van der Waals surface area contributed by atoms with Crippen molar-refractivity contribution in [3.8, 4) is 0 Å². The quantitative estimate of drug-likeness (QED) is 0.0386. The number of ether oxygens (including phenoxy) is 1. The molecule has 1 atom stereocenters. The van der Waals surface area contributed by atoms with E-state index in [1.807, 2.05) is 0 Å². The van der Waals surface area contributed by atoms with Gasteiger partial charge in [-0.25, -0.2) is 0 Å². The Labute approximate surface area is 307 Å². The molecule has 6 heteroatoms. The van der Waals surface area contributed by atoms with Crippen LogP contribution in [0, 0.1) is 0 Å². The Morgan fingerprint density at radius 2 is 1.00 bits per heavy atom. The summed E-state index contributed by atoms with van der Waals surface area (Å²) in [5.41, 5.74) is 0. The van der Waals surface area contributed by atoms with Gasteiger partial charge in [-0.1, -0.05) is 139 Å². The average molecular weight is 698 g/mol. The van der Waals surface area contributed by atoms with Gasteiger partial charge in [0.1, 0.15) is 12.6 Å². The number of esters is 1. The van der Waals surface area contributed by atoms with E-state index in [4.69, 9.17) is 9.84 Å². The second-order valence-electron chi connectivity index (χ2n) is 13.5. The normalized spacial score (nSPS) is 12.7. The lowest BCUT2D eigenvalue weighted by molar-refractivity contribution is -0.150. The SMILES string of the molecule is CC/C=C\C/C=C\C/C=C\C/C=C\CCCCCCC(=O)OC(CCC/C=C\CCCCCCCC)CCCCCCCC(=O)NCC(=O)O. The Morgan fingerprint density at radius 3 is 1.60 bits per heavy atom. The number of carbonyl (C=O) groups is 3. The summed E-state index contributed by atoms with van der Waals surface area (Å²) in [6.45, 7) is 4.09. The Kier molecular flexibility index (Phi) is 36.7.